The first-order valence-electron chi connectivity index (χ1n) is 5.44. The van der Waals surface area contributed by atoms with E-state index in [9.17, 15) is 4.79 Å². The fraction of sp³-hybridized carbons (Fsp3) is 0.417. The summed E-state index contributed by atoms with van der Waals surface area (Å²) in [6.45, 7) is 1.03. The molecular weight excluding hydrogens is 224 g/mol. The van der Waals surface area contributed by atoms with Crippen molar-refractivity contribution in [2.45, 2.75) is 12.8 Å². The summed E-state index contributed by atoms with van der Waals surface area (Å²) in [4.78, 5) is 10.2. The summed E-state index contributed by atoms with van der Waals surface area (Å²) in [5.74, 6) is 0.682. The number of benzene rings is 1. The lowest BCUT2D eigenvalue weighted by atomic mass is 10.1. The van der Waals surface area contributed by atoms with E-state index in [0.717, 1.165) is 23.5 Å². The predicted molar refractivity (Wildman–Crippen MR) is 59.3 cm³/mol. The Morgan fingerprint density at radius 2 is 2.12 bits per heavy atom. The third-order valence-corrected chi connectivity index (χ3v) is 2.43. The molecule has 0 atom stereocenters. The van der Waals surface area contributed by atoms with Crippen LogP contribution in [0.2, 0.25) is 0 Å². The summed E-state index contributed by atoms with van der Waals surface area (Å²) in [6.07, 6.45) is 0.775. The maximum Gasteiger partial charge on any atom is 0.305 e. The van der Waals surface area contributed by atoms with E-state index in [2.05, 4.69) is 0 Å². The molecule has 2 rings (SSSR count). The van der Waals surface area contributed by atoms with Crippen molar-refractivity contribution in [1.82, 2.24) is 0 Å². The van der Waals surface area contributed by atoms with Crippen LogP contribution in [-0.4, -0.2) is 31.1 Å². The minimum Gasteiger partial charge on any atom is -0.481 e. The second kappa shape index (κ2) is 5.54. The van der Waals surface area contributed by atoms with Crippen molar-refractivity contribution in [1.29, 1.82) is 0 Å². The van der Waals surface area contributed by atoms with Crippen molar-refractivity contribution in [3.05, 3.63) is 23.8 Å². The summed E-state index contributed by atoms with van der Waals surface area (Å²) < 4.78 is 15.7. The van der Waals surface area contributed by atoms with Gasteiger partial charge in [0.05, 0.1) is 19.6 Å². The van der Waals surface area contributed by atoms with Crippen molar-refractivity contribution in [3.8, 4) is 11.5 Å². The van der Waals surface area contributed by atoms with E-state index < -0.39 is 5.97 Å². The Morgan fingerprint density at radius 3 is 2.94 bits per heavy atom. The minimum atomic E-state index is -0.840. The second-order valence-corrected chi connectivity index (χ2v) is 3.69. The quantitative estimate of drug-likeness (QED) is 0.760. The average Bonchev–Trinajstić information content (AvgIpc) is 2.75. The normalized spacial score (nSPS) is 12.7. The molecule has 1 N–H and O–H groups in total. The van der Waals surface area contributed by atoms with Gasteiger partial charge in [0.1, 0.15) is 0 Å². The molecule has 5 heteroatoms. The van der Waals surface area contributed by atoms with E-state index in [0.29, 0.717) is 6.61 Å². The van der Waals surface area contributed by atoms with Crippen molar-refractivity contribution in [2.24, 2.45) is 0 Å². The highest BCUT2D eigenvalue weighted by molar-refractivity contribution is 5.66. The van der Waals surface area contributed by atoms with E-state index in [1.807, 2.05) is 18.2 Å². The number of carboxylic acid groups (broad SMARTS) is 1. The van der Waals surface area contributed by atoms with E-state index in [-0.39, 0.29) is 19.8 Å². The van der Waals surface area contributed by atoms with Crippen LogP contribution in [0.25, 0.3) is 0 Å². The van der Waals surface area contributed by atoms with Crippen LogP contribution >= 0.6 is 0 Å². The van der Waals surface area contributed by atoms with Crippen LogP contribution in [0.4, 0.5) is 0 Å². The van der Waals surface area contributed by atoms with Gasteiger partial charge in [-0.15, -0.1) is 0 Å². The number of fused-ring (bicyclic) bond motifs is 1. The van der Waals surface area contributed by atoms with E-state index in [4.69, 9.17) is 19.3 Å². The van der Waals surface area contributed by atoms with Gasteiger partial charge in [-0.2, -0.15) is 0 Å². The molecule has 17 heavy (non-hydrogen) atoms. The largest absolute Gasteiger partial charge is 0.481 e. The van der Waals surface area contributed by atoms with Crippen LogP contribution < -0.4 is 9.47 Å². The summed E-state index contributed by atoms with van der Waals surface area (Å²) >= 11 is 0. The first kappa shape index (κ1) is 11.7. The van der Waals surface area contributed by atoms with Gasteiger partial charge in [0.25, 0.3) is 0 Å². The van der Waals surface area contributed by atoms with Crippen LogP contribution in [0.3, 0.4) is 0 Å². The molecule has 0 fully saturated rings. The summed E-state index contributed by atoms with van der Waals surface area (Å²) in [7, 11) is 0. The van der Waals surface area contributed by atoms with Gasteiger partial charge in [-0.1, -0.05) is 6.07 Å². The zero-order valence-electron chi connectivity index (χ0n) is 9.35. The summed E-state index contributed by atoms with van der Waals surface area (Å²) in [6, 6.07) is 5.74. The van der Waals surface area contributed by atoms with E-state index in [1.54, 1.807) is 0 Å². The highest BCUT2D eigenvalue weighted by atomic mass is 16.7. The van der Waals surface area contributed by atoms with Crippen LogP contribution in [0.5, 0.6) is 11.5 Å². The molecular formula is C12H14O5. The summed E-state index contributed by atoms with van der Waals surface area (Å²) in [5, 5.41) is 8.43. The highest BCUT2D eigenvalue weighted by Gasteiger charge is 2.12. The first-order chi connectivity index (χ1) is 8.25. The van der Waals surface area contributed by atoms with Crippen LogP contribution in [0, 0.1) is 0 Å². The molecule has 1 aliphatic rings. The first-order valence-corrected chi connectivity index (χ1v) is 5.44. The third kappa shape index (κ3) is 3.35. The summed E-state index contributed by atoms with van der Waals surface area (Å²) in [5.41, 5.74) is 1.09. The molecule has 1 aromatic rings. The SMILES string of the molecule is O=C(O)CCOCCc1ccc2c(c1)OCO2. The molecule has 0 amide bonds. The molecule has 0 saturated heterocycles. The number of hydrogen-bond donors (Lipinski definition) is 1. The van der Waals surface area contributed by atoms with E-state index >= 15 is 0 Å². The number of ether oxygens (including phenoxy) is 3. The molecule has 0 spiro atoms. The zero-order valence-corrected chi connectivity index (χ0v) is 9.35. The molecule has 1 aromatic carbocycles. The molecule has 5 nitrogen and oxygen atoms in total. The van der Waals surface area contributed by atoms with Crippen molar-refractivity contribution in [2.75, 3.05) is 20.0 Å². The minimum absolute atomic E-state index is 0.0428. The number of carboxylic acids is 1. The Labute approximate surface area is 98.9 Å². The van der Waals surface area contributed by atoms with Crippen molar-refractivity contribution >= 4 is 5.97 Å². The smallest absolute Gasteiger partial charge is 0.305 e. The lowest BCUT2D eigenvalue weighted by Gasteiger charge is -2.04. The van der Waals surface area contributed by atoms with Crippen molar-refractivity contribution in [3.63, 3.8) is 0 Å². The lowest BCUT2D eigenvalue weighted by molar-refractivity contribution is -0.138. The zero-order chi connectivity index (χ0) is 12.1. The maximum atomic E-state index is 10.2. The Morgan fingerprint density at radius 1 is 1.29 bits per heavy atom. The van der Waals surface area contributed by atoms with Crippen LogP contribution in [0.15, 0.2) is 18.2 Å². The van der Waals surface area contributed by atoms with Gasteiger partial charge in [-0.05, 0) is 24.1 Å². The van der Waals surface area contributed by atoms with Gasteiger partial charge in [0.2, 0.25) is 6.79 Å². The Bertz CT molecular complexity index is 402. The third-order valence-electron chi connectivity index (χ3n) is 2.43. The van der Waals surface area contributed by atoms with Gasteiger partial charge in [0.15, 0.2) is 11.5 Å². The molecule has 0 unspecified atom stereocenters. The van der Waals surface area contributed by atoms with E-state index in [1.165, 1.54) is 0 Å². The Balaban J connectivity index is 1.74. The van der Waals surface area contributed by atoms with Gasteiger partial charge in [-0.25, -0.2) is 0 Å². The second-order valence-electron chi connectivity index (χ2n) is 3.69. The Kier molecular flexibility index (Phi) is 3.82. The van der Waals surface area contributed by atoms with Gasteiger partial charge >= 0.3 is 5.97 Å². The molecule has 0 aliphatic carbocycles. The average molecular weight is 238 g/mol. The van der Waals surface area contributed by atoms with Gasteiger partial charge in [-0.3, -0.25) is 4.79 Å². The molecule has 0 aromatic heterocycles. The molecule has 92 valence electrons. The molecule has 1 heterocycles. The number of rotatable bonds is 6. The fourth-order valence-electron chi connectivity index (χ4n) is 1.55. The monoisotopic (exact) mass is 238 g/mol. The maximum absolute atomic E-state index is 10.2. The molecule has 0 bridgehead atoms. The standard InChI is InChI=1S/C12H14O5/c13-12(14)4-6-15-5-3-9-1-2-10-11(7-9)17-8-16-10/h1-2,7H,3-6,8H2,(H,13,14). The fourth-order valence-corrected chi connectivity index (χ4v) is 1.55. The number of carbonyl (C=O) groups is 1. The van der Waals surface area contributed by atoms with Crippen LogP contribution in [0.1, 0.15) is 12.0 Å². The van der Waals surface area contributed by atoms with Gasteiger partial charge in [0, 0.05) is 0 Å². The predicted octanol–water partition coefficient (Wildman–Crippen LogP) is 1.45. The molecule has 1 aliphatic heterocycles. The van der Waals surface area contributed by atoms with Crippen molar-refractivity contribution < 1.29 is 24.1 Å². The molecule has 0 radical (unpaired) electrons. The topological polar surface area (TPSA) is 65.0 Å². The Hall–Kier alpha value is -1.75. The number of hydrogen-bond acceptors (Lipinski definition) is 4. The highest BCUT2D eigenvalue weighted by Crippen LogP contribution is 2.32. The van der Waals surface area contributed by atoms with Crippen LogP contribution in [-0.2, 0) is 16.0 Å². The number of aliphatic carboxylic acids is 1. The molecule has 0 saturated carbocycles. The lowest BCUT2D eigenvalue weighted by Crippen LogP contribution is -2.05. The van der Waals surface area contributed by atoms with Gasteiger partial charge < -0.3 is 19.3 Å².